The van der Waals surface area contributed by atoms with Crippen molar-refractivity contribution in [3.8, 4) is 0 Å². The monoisotopic (exact) mass is 427 g/mol. The quantitative estimate of drug-likeness (QED) is 0.230. The van der Waals surface area contributed by atoms with Gasteiger partial charge in [0.15, 0.2) is 10.1 Å². The van der Waals surface area contributed by atoms with E-state index in [1.165, 1.54) is 18.4 Å². The van der Waals surface area contributed by atoms with E-state index < -0.39 is 17.7 Å². The maximum Gasteiger partial charge on any atom is 0.316 e. The number of hydrazine groups is 1. The highest BCUT2D eigenvalue weighted by molar-refractivity contribution is 8.01. The van der Waals surface area contributed by atoms with Gasteiger partial charge in [-0.05, 0) is 19.1 Å². The van der Waals surface area contributed by atoms with Crippen molar-refractivity contribution in [1.82, 2.24) is 21.0 Å². The molecule has 0 aromatic carbocycles. The molecule has 13 heteroatoms. The molecule has 150 valence electrons. The first-order chi connectivity index (χ1) is 13.5. The Hall–Kier alpha value is -2.93. The number of ether oxygens (including phenoxy) is 1. The van der Waals surface area contributed by atoms with E-state index >= 15 is 0 Å². The van der Waals surface area contributed by atoms with Crippen LogP contribution in [-0.4, -0.2) is 46.2 Å². The van der Waals surface area contributed by atoms with Crippen LogP contribution in [0.5, 0.6) is 0 Å². The molecule has 0 saturated carbocycles. The highest BCUT2D eigenvalue weighted by Crippen LogP contribution is 2.25. The molecular weight excluding hydrogens is 410 g/mol. The Bertz CT molecular complexity index is 823. The van der Waals surface area contributed by atoms with Crippen molar-refractivity contribution in [1.29, 1.82) is 0 Å². The summed E-state index contributed by atoms with van der Waals surface area (Å²) < 4.78 is 10.2. The van der Waals surface area contributed by atoms with E-state index in [4.69, 9.17) is 9.15 Å². The van der Waals surface area contributed by atoms with Crippen LogP contribution in [0.4, 0.5) is 5.13 Å². The van der Waals surface area contributed by atoms with Crippen LogP contribution in [0.3, 0.4) is 0 Å². The maximum atomic E-state index is 11.9. The molecule has 3 N–H and O–H groups in total. The molecule has 0 radical (unpaired) electrons. The fourth-order valence-corrected chi connectivity index (χ4v) is 3.28. The SMILES string of the molecule is CCOC(=O)CSc1nnc(NC(=O)CCC(=O)NNC(=O)c2ccco2)s1. The van der Waals surface area contributed by atoms with Crippen LogP contribution >= 0.6 is 23.1 Å². The number of aromatic nitrogens is 2. The number of amides is 3. The van der Waals surface area contributed by atoms with Gasteiger partial charge in [-0.15, -0.1) is 10.2 Å². The molecule has 0 spiro atoms. The Morgan fingerprint density at radius 2 is 1.96 bits per heavy atom. The largest absolute Gasteiger partial charge is 0.465 e. The molecule has 0 aliphatic carbocycles. The van der Waals surface area contributed by atoms with Gasteiger partial charge >= 0.3 is 11.9 Å². The first kappa shape index (κ1) is 21.4. The summed E-state index contributed by atoms with van der Waals surface area (Å²) in [7, 11) is 0. The number of rotatable bonds is 9. The average Bonchev–Trinajstić information content (AvgIpc) is 3.35. The zero-order valence-electron chi connectivity index (χ0n) is 14.7. The second-order valence-corrected chi connectivity index (χ2v) is 7.19. The summed E-state index contributed by atoms with van der Waals surface area (Å²) in [5.74, 6) is -1.81. The van der Waals surface area contributed by atoms with Gasteiger partial charge in [0.2, 0.25) is 16.9 Å². The number of anilines is 1. The van der Waals surface area contributed by atoms with Crippen molar-refractivity contribution in [3.05, 3.63) is 24.2 Å². The van der Waals surface area contributed by atoms with Crippen molar-refractivity contribution in [3.63, 3.8) is 0 Å². The predicted molar refractivity (Wildman–Crippen MR) is 99.4 cm³/mol. The van der Waals surface area contributed by atoms with E-state index in [0.717, 1.165) is 23.1 Å². The third-order valence-corrected chi connectivity index (χ3v) is 4.86. The summed E-state index contributed by atoms with van der Waals surface area (Å²) in [5, 5.41) is 10.4. The van der Waals surface area contributed by atoms with Crippen LogP contribution in [0.15, 0.2) is 27.2 Å². The highest BCUT2D eigenvalue weighted by atomic mass is 32.2. The topological polar surface area (TPSA) is 153 Å². The third kappa shape index (κ3) is 7.36. The lowest BCUT2D eigenvalue weighted by atomic mass is 10.3. The van der Waals surface area contributed by atoms with Crippen molar-refractivity contribution >= 4 is 51.9 Å². The Kier molecular flexibility index (Phi) is 8.42. The molecular formula is C15H17N5O6S2. The first-order valence-electron chi connectivity index (χ1n) is 8.02. The number of carbonyl (C=O) groups excluding carboxylic acids is 4. The predicted octanol–water partition coefficient (Wildman–Crippen LogP) is 0.966. The minimum atomic E-state index is -0.607. The minimum absolute atomic E-state index is 0.0472. The number of thioether (sulfide) groups is 1. The Morgan fingerprint density at radius 3 is 2.68 bits per heavy atom. The van der Waals surface area contributed by atoms with Crippen LogP contribution in [-0.2, 0) is 19.1 Å². The highest BCUT2D eigenvalue weighted by Gasteiger charge is 2.13. The van der Waals surface area contributed by atoms with Gasteiger partial charge in [0.1, 0.15) is 0 Å². The molecule has 2 aromatic heterocycles. The van der Waals surface area contributed by atoms with E-state index in [1.807, 2.05) is 0 Å². The molecule has 0 saturated heterocycles. The lowest BCUT2D eigenvalue weighted by molar-refractivity contribution is -0.139. The van der Waals surface area contributed by atoms with E-state index in [9.17, 15) is 19.2 Å². The fraction of sp³-hybridized carbons (Fsp3) is 0.333. The van der Waals surface area contributed by atoms with Gasteiger partial charge in [0.05, 0.1) is 18.6 Å². The molecule has 0 aliphatic rings. The first-order valence-corrected chi connectivity index (χ1v) is 9.82. The second-order valence-electron chi connectivity index (χ2n) is 4.99. The van der Waals surface area contributed by atoms with Gasteiger partial charge < -0.3 is 14.5 Å². The summed E-state index contributed by atoms with van der Waals surface area (Å²) in [4.78, 5) is 46.4. The number of carbonyl (C=O) groups is 4. The van der Waals surface area contributed by atoms with Crippen LogP contribution in [0.25, 0.3) is 0 Å². The fourth-order valence-electron chi connectivity index (χ4n) is 1.71. The molecule has 0 aliphatic heterocycles. The summed E-state index contributed by atoms with van der Waals surface area (Å²) in [6.07, 6.45) is 1.07. The van der Waals surface area contributed by atoms with Crippen LogP contribution in [0.1, 0.15) is 30.3 Å². The second kappa shape index (κ2) is 11.0. The van der Waals surface area contributed by atoms with Crippen LogP contribution in [0, 0.1) is 0 Å². The average molecular weight is 427 g/mol. The van der Waals surface area contributed by atoms with Crippen LogP contribution in [0.2, 0.25) is 0 Å². The van der Waals surface area contributed by atoms with Crippen molar-refractivity contribution in [2.45, 2.75) is 24.1 Å². The molecule has 2 aromatic rings. The van der Waals surface area contributed by atoms with Gasteiger partial charge in [0.25, 0.3) is 0 Å². The molecule has 0 unspecified atom stereocenters. The van der Waals surface area contributed by atoms with E-state index in [1.54, 1.807) is 6.92 Å². The molecule has 2 rings (SSSR count). The zero-order chi connectivity index (χ0) is 20.4. The number of esters is 1. The molecule has 2 heterocycles. The maximum absolute atomic E-state index is 11.9. The van der Waals surface area contributed by atoms with Gasteiger partial charge in [-0.3, -0.25) is 30.0 Å². The summed E-state index contributed by atoms with van der Waals surface area (Å²) >= 11 is 2.25. The van der Waals surface area contributed by atoms with Crippen molar-refractivity contribution in [2.75, 3.05) is 17.7 Å². The van der Waals surface area contributed by atoms with Gasteiger partial charge in [-0.25, -0.2) is 0 Å². The molecule has 3 amide bonds. The normalized spacial score (nSPS) is 10.2. The lowest BCUT2D eigenvalue weighted by Crippen LogP contribution is -2.41. The number of hydrogen-bond donors (Lipinski definition) is 3. The Labute approximate surface area is 167 Å². The van der Waals surface area contributed by atoms with Crippen molar-refractivity contribution in [2.24, 2.45) is 0 Å². The van der Waals surface area contributed by atoms with E-state index in [-0.39, 0.29) is 35.5 Å². The molecule has 0 bridgehead atoms. The smallest absolute Gasteiger partial charge is 0.316 e. The van der Waals surface area contributed by atoms with Crippen molar-refractivity contribution < 1.29 is 28.3 Å². The third-order valence-electron chi connectivity index (χ3n) is 2.91. The zero-order valence-corrected chi connectivity index (χ0v) is 16.4. The Morgan fingerprint density at radius 1 is 1.18 bits per heavy atom. The lowest BCUT2D eigenvalue weighted by Gasteiger charge is -2.05. The number of nitrogens with zero attached hydrogens (tertiary/aromatic N) is 2. The summed E-state index contributed by atoms with van der Waals surface area (Å²) in [5.41, 5.74) is 4.35. The molecule has 0 atom stereocenters. The van der Waals surface area contributed by atoms with Gasteiger partial charge in [-0.1, -0.05) is 23.1 Å². The van der Waals surface area contributed by atoms with Gasteiger partial charge in [0, 0.05) is 12.8 Å². The number of nitrogens with one attached hydrogen (secondary N) is 3. The summed E-state index contributed by atoms with van der Waals surface area (Å²) in [6.45, 7) is 2.02. The molecule has 28 heavy (non-hydrogen) atoms. The summed E-state index contributed by atoms with van der Waals surface area (Å²) in [6, 6.07) is 2.98. The molecule has 0 fully saturated rings. The Balaban J connectivity index is 1.66. The van der Waals surface area contributed by atoms with Crippen LogP contribution < -0.4 is 16.2 Å². The van der Waals surface area contributed by atoms with E-state index in [2.05, 4.69) is 26.4 Å². The number of hydrogen-bond acceptors (Lipinski definition) is 10. The van der Waals surface area contributed by atoms with Gasteiger partial charge in [-0.2, -0.15) is 0 Å². The number of furan rings is 1. The standard InChI is InChI=1S/C15H17N5O6S2/c1-2-25-12(23)8-27-15-20-19-14(28-15)16-10(21)5-6-11(22)17-18-13(24)9-4-3-7-26-9/h3-4,7H,2,5-6,8H2,1H3,(H,17,22)(H,18,24)(H,16,19,21). The molecule has 11 nitrogen and oxygen atoms in total. The minimum Gasteiger partial charge on any atom is -0.465 e. The van der Waals surface area contributed by atoms with E-state index in [0.29, 0.717) is 10.9 Å².